The lowest BCUT2D eigenvalue weighted by atomic mass is 10.1. The van der Waals surface area contributed by atoms with Gasteiger partial charge in [0.1, 0.15) is 4.21 Å². The highest BCUT2D eigenvalue weighted by Gasteiger charge is 2.38. The van der Waals surface area contributed by atoms with Gasteiger partial charge in [0.25, 0.3) is 10.0 Å². The molecule has 1 N–H and O–H groups in total. The van der Waals surface area contributed by atoms with E-state index in [1.165, 1.54) is 11.3 Å². The van der Waals surface area contributed by atoms with Crippen LogP contribution in [0.5, 0.6) is 0 Å². The molecule has 0 spiro atoms. The van der Waals surface area contributed by atoms with Crippen LogP contribution in [0.3, 0.4) is 0 Å². The molecule has 0 saturated heterocycles. The minimum atomic E-state index is -3.40. The van der Waals surface area contributed by atoms with Crippen LogP contribution in [0.1, 0.15) is 43.6 Å². The first-order valence-corrected chi connectivity index (χ1v) is 9.34. The summed E-state index contributed by atoms with van der Waals surface area (Å²) in [6.45, 7) is 6.56. The molecule has 0 bridgehead atoms. The van der Waals surface area contributed by atoms with E-state index in [1.54, 1.807) is 10.4 Å². The number of thiophene rings is 1. The lowest BCUT2D eigenvalue weighted by Gasteiger charge is -2.21. The van der Waals surface area contributed by atoms with Gasteiger partial charge in [0.15, 0.2) is 0 Å². The van der Waals surface area contributed by atoms with Crippen molar-refractivity contribution in [1.29, 1.82) is 0 Å². The number of hydrogen-bond donors (Lipinski definition) is 1. The standard InChI is InChI=1S/C14H23NO3S2/c1-10(2)6-7-15(12-4-5-12)20(17,18)14-8-11(3)13(9-16)19-14/h8,10,12,16H,4-7,9H2,1-3H3. The highest BCUT2D eigenvalue weighted by atomic mass is 32.2. The molecule has 0 aromatic carbocycles. The van der Waals surface area contributed by atoms with Crippen LogP contribution in [0.15, 0.2) is 10.3 Å². The van der Waals surface area contributed by atoms with Crippen molar-refractivity contribution >= 4 is 21.4 Å². The summed E-state index contributed by atoms with van der Waals surface area (Å²) in [7, 11) is -3.40. The van der Waals surface area contributed by atoms with Gasteiger partial charge in [-0.25, -0.2) is 8.42 Å². The van der Waals surface area contributed by atoms with E-state index in [2.05, 4.69) is 13.8 Å². The van der Waals surface area contributed by atoms with Gasteiger partial charge in [-0.05, 0) is 43.7 Å². The second-order valence-electron chi connectivity index (χ2n) is 5.86. The summed E-state index contributed by atoms with van der Waals surface area (Å²) in [5.41, 5.74) is 0.857. The third kappa shape index (κ3) is 3.42. The maximum Gasteiger partial charge on any atom is 0.252 e. The topological polar surface area (TPSA) is 57.6 Å². The van der Waals surface area contributed by atoms with Crippen molar-refractivity contribution in [3.63, 3.8) is 0 Å². The molecular weight excluding hydrogens is 294 g/mol. The van der Waals surface area contributed by atoms with Gasteiger partial charge in [-0.15, -0.1) is 11.3 Å². The first kappa shape index (κ1) is 15.9. The number of aliphatic hydroxyl groups is 1. The summed E-state index contributed by atoms with van der Waals surface area (Å²) in [6, 6.07) is 1.87. The van der Waals surface area contributed by atoms with Crippen LogP contribution in [-0.2, 0) is 16.6 Å². The molecule has 1 aromatic rings. The quantitative estimate of drug-likeness (QED) is 0.841. The van der Waals surface area contributed by atoms with E-state index in [4.69, 9.17) is 0 Å². The second-order valence-corrected chi connectivity index (χ2v) is 9.11. The zero-order valence-electron chi connectivity index (χ0n) is 12.3. The van der Waals surface area contributed by atoms with Crippen molar-refractivity contribution in [2.24, 2.45) is 5.92 Å². The number of aryl methyl sites for hydroxylation is 1. The minimum absolute atomic E-state index is 0.0958. The van der Waals surface area contributed by atoms with Crippen LogP contribution < -0.4 is 0 Å². The van der Waals surface area contributed by atoms with Crippen molar-refractivity contribution in [2.75, 3.05) is 6.54 Å². The van der Waals surface area contributed by atoms with Gasteiger partial charge in [0, 0.05) is 17.5 Å². The zero-order valence-corrected chi connectivity index (χ0v) is 13.9. The predicted octanol–water partition coefficient (Wildman–Crippen LogP) is 2.75. The smallest absolute Gasteiger partial charge is 0.252 e. The fraction of sp³-hybridized carbons (Fsp3) is 0.714. The third-order valence-corrected chi connectivity index (χ3v) is 7.21. The van der Waals surface area contributed by atoms with Gasteiger partial charge in [-0.2, -0.15) is 4.31 Å². The van der Waals surface area contributed by atoms with E-state index >= 15 is 0 Å². The lowest BCUT2D eigenvalue weighted by molar-refractivity contribution is 0.285. The Morgan fingerprint density at radius 3 is 2.55 bits per heavy atom. The molecule has 1 aliphatic rings. The SMILES string of the molecule is Cc1cc(S(=O)(=O)N(CCC(C)C)C2CC2)sc1CO. The largest absolute Gasteiger partial charge is 0.391 e. The molecule has 2 rings (SSSR count). The molecule has 4 nitrogen and oxygen atoms in total. The third-order valence-electron chi connectivity index (χ3n) is 3.59. The Kier molecular flexibility index (Phi) is 4.89. The highest BCUT2D eigenvalue weighted by molar-refractivity contribution is 7.91. The molecule has 1 aliphatic carbocycles. The molecule has 0 aliphatic heterocycles. The average Bonchev–Trinajstić information content (AvgIpc) is 3.11. The van der Waals surface area contributed by atoms with Crippen LogP contribution >= 0.6 is 11.3 Å². The first-order valence-electron chi connectivity index (χ1n) is 7.08. The molecule has 0 radical (unpaired) electrons. The van der Waals surface area contributed by atoms with Crippen molar-refractivity contribution in [3.05, 3.63) is 16.5 Å². The van der Waals surface area contributed by atoms with Gasteiger partial charge < -0.3 is 5.11 Å². The molecule has 1 aromatic heterocycles. The van der Waals surface area contributed by atoms with Crippen molar-refractivity contribution < 1.29 is 13.5 Å². The van der Waals surface area contributed by atoms with E-state index < -0.39 is 10.0 Å². The van der Waals surface area contributed by atoms with E-state index in [-0.39, 0.29) is 12.6 Å². The molecule has 0 amide bonds. The van der Waals surface area contributed by atoms with Gasteiger partial charge in [-0.3, -0.25) is 0 Å². The van der Waals surface area contributed by atoms with E-state index in [0.717, 1.165) is 29.7 Å². The summed E-state index contributed by atoms with van der Waals surface area (Å²) in [5.74, 6) is 0.490. The predicted molar refractivity (Wildman–Crippen MR) is 81.3 cm³/mol. The molecule has 20 heavy (non-hydrogen) atoms. The summed E-state index contributed by atoms with van der Waals surface area (Å²) in [5, 5.41) is 9.24. The lowest BCUT2D eigenvalue weighted by Crippen LogP contribution is -2.34. The summed E-state index contributed by atoms with van der Waals surface area (Å²) >= 11 is 1.19. The van der Waals surface area contributed by atoms with Gasteiger partial charge in [-0.1, -0.05) is 13.8 Å². The van der Waals surface area contributed by atoms with Gasteiger partial charge in [0.2, 0.25) is 0 Å². The van der Waals surface area contributed by atoms with E-state index in [9.17, 15) is 13.5 Å². The first-order chi connectivity index (χ1) is 9.36. The van der Waals surface area contributed by atoms with Crippen LogP contribution in [0.4, 0.5) is 0 Å². The van der Waals surface area contributed by atoms with Crippen molar-refractivity contribution in [2.45, 2.75) is 56.9 Å². The average molecular weight is 317 g/mol. The van der Waals surface area contributed by atoms with E-state index in [1.807, 2.05) is 6.92 Å². The van der Waals surface area contributed by atoms with Crippen LogP contribution in [0.2, 0.25) is 0 Å². The summed E-state index contributed by atoms with van der Waals surface area (Å²) in [6.07, 6.45) is 2.82. The number of aliphatic hydroxyl groups excluding tert-OH is 1. The number of rotatable bonds is 7. The Bertz CT molecular complexity index is 559. The zero-order chi connectivity index (χ0) is 14.9. The fourth-order valence-corrected chi connectivity index (χ4v) is 5.41. The number of hydrogen-bond acceptors (Lipinski definition) is 4. The van der Waals surface area contributed by atoms with Gasteiger partial charge >= 0.3 is 0 Å². The molecule has 1 heterocycles. The van der Waals surface area contributed by atoms with Crippen LogP contribution in [0.25, 0.3) is 0 Å². The van der Waals surface area contributed by atoms with Crippen molar-refractivity contribution in [1.82, 2.24) is 4.31 Å². The Morgan fingerprint density at radius 1 is 1.45 bits per heavy atom. The minimum Gasteiger partial charge on any atom is -0.391 e. The maximum atomic E-state index is 12.8. The Hall–Kier alpha value is -0.430. The fourth-order valence-electron chi connectivity index (χ4n) is 2.14. The highest BCUT2D eigenvalue weighted by Crippen LogP contribution is 2.35. The molecular formula is C14H23NO3S2. The van der Waals surface area contributed by atoms with Gasteiger partial charge in [0.05, 0.1) is 6.61 Å². The Morgan fingerprint density at radius 2 is 2.10 bits per heavy atom. The number of nitrogens with zero attached hydrogens (tertiary/aromatic N) is 1. The Balaban J connectivity index is 2.25. The monoisotopic (exact) mass is 317 g/mol. The van der Waals surface area contributed by atoms with Crippen molar-refractivity contribution in [3.8, 4) is 0 Å². The van der Waals surface area contributed by atoms with Crippen LogP contribution in [0, 0.1) is 12.8 Å². The molecule has 0 unspecified atom stereocenters. The maximum absolute atomic E-state index is 12.8. The van der Waals surface area contributed by atoms with Crippen LogP contribution in [-0.4, -0.2) is 30.4 Å². The summed E-state index contributed by atoms with van der Waals surface area (Å²) in [4.78, 5) is 0.739. The molecule has 1 saturated carbocycles. The van der Waals surface area contributed by atoms with E-state index in [0.29, 0.717) is 16.7 Å². The normalized spacial score (nSPS) is 16.3. The molecule has 0 atom stereocenters. The summed E-state index contributed by atoms with van der Waals surface area (Å²) < 4.78 is 27.6. The molecule has 1 fully saturated rings. The molecule has 114 valence electrons. The molecule has 6 heteroatoms. The number of sulfonamides is 1. The Labute approximate surface area is 125 Å². The second kappa shape index (κ2) is 6.13.